The molecule has 1 N–H and O–H groups in total. The van der Waals surface area contributed by atoms with Gasteiger partial charge in [-0.3, -0.25) is 29.8 Å². The normalized spacial score (nSPS) is 10.3. The zero-order chi connectivity index (χ0) is 25.7. The fourth-order valence-corrected chi connectivity index (χ4v) is 3.25. The van der Waals surface area contributed by atoms with Crippen molar-refractivity contribution in [3.63, 3.8) is 0 Å². The van der Waals surface area contributed by atoms with E-state index in [0.29, 0.717) is 5.56 Å². The summed E-state index contributed by atoms with van der Waals surface area (Å²) in [6.07, 6.45) is 0. The number of esters is 1. The Morgan fingerprint density at radius 3 is 2.29 bits per heavy atom. The number of amides is 1. The van der Waals surface area contributed by atoms with Crippen molar-refractivity contribution in [1.29, 1.82) is 0 Å². The molecule has 0 spiro atoms. The number of nitrogens with one attached hydrogen (secondary N) is 1. The number of halogens is 1. The van der Waals surface area contributed by atoms with Crippen LogP contribution in [-0.2, 0) is 9.53 Å². The SMILES string of the molecule is Cc1ccc([N+](=O)[O-])cc1NC(=O)COC(=O)c1ccccc1C(=O)c1ccc(Cl)c([N+](=O)[O-])c1. The van der Waals surface area contributed by atoms with Crippen molar-refractivity contribution in [3.05, 3.63) is 108 Å². The lowest BCUT2D eigenvalue weighted by Gasteiger charge is -2.11. The van der Waals surface area contributed by atoms with Crippen LogP contribution in [0.4, 0.5) is 17.1 Å². The van der Waals surface area contributed by atoms with Gasteiger partial charge in [0.05, 0.1) is 21.1 Å². The summed E-state index contributed by atoms with van der Waals surface area (Å²) in [6, 6.07) is 13.0. The summed E-state index contributed by atoms with van der Waals surface area (Å²) in [6.45, 7) is 0.907. The molecule has 3 aromatic rings. The van der Waals surface area contributed by atoms with Gasteiger partial charge in [0.1, 0.15) is 5.02 Å². The van der Waals surface area contributed by atoms with Crippen molar-refractivity contribution >= 4 is 46.3 Å². The molecule has 11 nitrogen and oxygen atoms in total. The summed E-state index contributed by atoms with van der Waals surface area (Å²) < 4.78 is 5.02. The molecule has 0 fully saturated rings. The zero-order valence-corrected chi connectivity index (χ0v) is 18.8. The Bertz CT molecular complexity index is 1370. The monoisotopic (exact) mass is 497 g/mol. The number of rotatable bonds is 8. The van der Waals surface area contributed by atoms with Crippen molar-refractivity contribution in [3.8, 4) is 0 Å². The number of aryl methyl sites for hydroxylation is 1. The molecule has 0 unspecified atom stereocenters. The van der Waals surface area contributed by atoms with E-state index in [2.05, 4.69) is 5.32 Å². The van der Waals surface area contributed by atoms with E-state index in [9.17, 15) is 34.6 Å². The minimum absolute atomic E-state index is 0.0692. The molecular weight excluding hydrogens is 482 g/mol. The highest BCUT2D eigenvalue weighted by molar-refractivity contribution is 6.33. The third-order valence-electron chi connectivity index (χ3n) is 4.84. The minimum atomic E-state index is -0.983. The van der Waals surface area contributed by atoms with Crippen LogP contribution >= 0.6 is 11.6 Å². The molecule has 35 heavy (non-hydrogen) atoms. The average Bonchev–Trinajstić information content (AvgIpc) is 2.83. The van der Waals surface area contributed by atoms with E-state index in [0.717, 1.165) is 6.07 Å². The maximum absolute atomic E-state index is 13.0. The molecule has 0 atom stereocenters. The maximum atomic E-state index is 13.0. The van der Waals surface area contributed by atoms with Gasteiger partial charge in [-0.25, -0.2) is 4.79 Å². The van der Waals surface area contributed by atoms with Gasteiger partial charge in [-0.05, 0) is 30.7 Å². The molecule has 3 aromatic carbocycles. The van der Waals surface area contributed by atoms with Crippen LogP contribution in [0.1, 0.15) is 31.8 Å². The first-order valence-electron chi connectivity index (χ1n) is 9.88. The van der Waals surface area contributed by atoms with E-state index in [1.54, 1.807) is 6.92 Å². The number of benzene rings is 3. The molecule has 1 amide bonds. The number of carbonyl (C=O) groups excluding carboxylic acids is 3. The first-order valence-corrected chi connectivity index (χ1v) is 10.3. The Hall–Kier alpha value is -4.64. The molecule has 0 bridgehead atoms. The van der Waals surface area contributed by atoms with Crippen molar-refractivity contribution in [2.24, 2.45) is 0 Å². The van der Waals surface area contributed by atoms with Gasteiger partial charge in [0, 0.05) is 29.3 Å². The number of anilines is 1. The molecular formula is C23H16ClN3O8. The van der Waals surface area contributed by atoms with Crippen molar-refractivity contribution in [1.82, 2.24) is 0 Å². The van der Waals surface area contributed by atoms with Gasteiger partial charge in [0.15, 0.2) is 12.4 Å². The Labute approximate surface area is 202 Å². The fourth-order valence-electron chi connectivity index (χ4n) is 3.06. The van der Waals surface area contributed by atoms with Gasteiger partial charge in [-0.15, -0.1) is 0 Å². The number of nitrogens with zero attached hydrogens (tertiary/aromatic N) is 2. The van der Waals surface area contributed by atoms with Crippen molar-refractivity contribution < 1.29 is 29.0 Å². The van der Waals surface area contributed by atoms with Crippen LogP contribution in [0.2, 0.25) is 5.02 Å². The number of hydrogen-bond acceptors (Lipinski definition) is 8. The van der Waals surface area contributed by atoms with E-state index >= 15 is 0 Å². The second-order valence-electron chi connectivity index (χ2n) is 7.18. The molecule has 0 aliphatic rings. The predicted molar refractivity (Wildman–Crippen MR) is 125 cm³/mol. The number of ketones is 1. The van der Waals surface area contributed by atoms with Crippen molar-refractivity contribution in [2.45, 2.75) is 6.92 Å². The molecule has 0 aliphatic carbocycles. The van der Waals surface area contributed by atoms with Gasteiger partial charge < -0.3 is 10.1 Å². The molecule has 0 aliphatic heterocycles. The quantitative estimate of drug-likeness (QED) is 0.206. The number of hydrogen-bond donors (Lipinski definition) is 1. The molecule has 0 saturated heterocycles. The second kappa shape index (κ2) is 10.5. The van der Waals surface area contributed by atoms with Gasteiger partial charge in [0.2, 0.25) is 0 Å². The second-order valence-corrected chi connectivity index (χ2v) is 7.59. The predicted octanol–water partition coefficient (Wildman–Crippen LogP) is 4.49. The Kier molecular flexibility index (Phi) is 7.52. The van der Waals surface area contributed by atoms with Gasteiger partial charge >= 0.3 is 5.97 Å². The van der Waals surface area contributed by atoms with Crippen LogP contribution in [-0.4, -0.2) is 34.1 Å². The third-order valence-corrected chi connectivity index (χ3v) is 5.16. The maximum Gasteiger partial charge on any atom is 0.339 e. The lowest BCUT2D eigenvalue weighted by molar-refractivity contribution is -0.384. The number of nitro benzene ring substituents is 2. The fraction of sp³-hybridized carbons (Fsp3) is 0.0870. The summed E-state index contributed by atoms with van der Waals surface area (Å²) in [5, 5.41) is 24.3. The van der Waals surface area contributed by atoms with Crippen LogP contribution in [0.3, 0.4) is 0 Å². The minimum Gasteiger partial charge on any atom is -0.452 e. The Morgan fingerprint density at radius 1 is 0.943 bits per heavy atom. The number of nitro groups is 2. The Morgan fingerprint density at radius 2 is 1.63 bits per heavy atom. The zero-order valence-electron chi connectivity index (χ0n) is 18.0. The standard InChI is InChI=1S/C23H16ClN3O8/c1-13-6-8-15(26(31)32)11-19(13)25-21(28)12-35-23(30)17-5-3-2-4-16(17)22(29)14-7-9-18(24)20(10-14)27(33)34/h2-11H,12H2,1H3,(H,25,28). The summed E-state index contributed by atoms with van der Waals surface area (Å²) in [7, 11) is 0. The largest absolute Gasteiger partial charge is 0.452 e. The van der Waals surface area contributed by atoms with E-state index in [4.69, 9.17) is 16.3 Å². The molecule has 3 rings (SSSR count). The van der Waals surface area contributed by atoms with Gasteiger partial charge in [-0.2, -0.15) is 0 Å². The molecule has 0 radical (unpaired) electrons. The van der Waals surface area contributed by atoms with Crippen molar-refractivity contribution in [2.75, 3.05) is 11.9 Å². The van der Waals surface area contributed by atoms with Crippen LogP contribution in [0.15, 0.2) is 60.7 Å². The molecule has 0 aromatic heterocycles. The summed E-state index contributed by atoms with van der Waals surface area (Å²) in [5.41, 5.74) is -0.273. The van der Waals surface area contributed by atoms with E-state index in [1.165, 1.54) is 54.6 Å². The molecule has 178 valence electrons. The van der Waals surface area contributed by atoms with Gasteiger partial charge in [0.25, 0.3) is 17.3 Å². The van der Waals surface area contributed by atoms with Crippen LogP contribution in [0, 0.1) is 27.2 Å². The van der Waals surface area contributed by atoms with Gasteiger partial charge in [-0.1, -0.05) is 35.9 Å². The summed E-state index contributed by atoms with van der Waals surface area (Å²) in [4.78, 5) is 58.5. The topological polar surface area (TPSA) is 159 Å². The Balaban J connectivity index is 1.75. The van der Waals surface area contributed by atoms with E-state index in [-0.39, 0.29) is 33.1 Å². The first kappa shape index (κ1) is 25.0. The highest BCUT2D eigenvalue weighted by atomic mass is 35.5. The number of non-ortho nitro benzene ring substituents is 1. The van der Waals surface area contributed by atoms with E-state index < -0.39 is 39.8 Å². The highest BCUT2D eigenvalue weighted by Gasteiger charge is 2.23. The highest BCUT2D eigenvalue weighted by Crippen LogP contribution is 2.27. The third kappa shape index (κ3) is 5.84. The molecule has 0 heterocycles. The van der Waals surface area contributed by atoms with E-state index in [1.807, 2.05) is 0 Å². The lowest BCUT2D eigenvalue weighted by atomic mass is 9.98. The van der Waals surface area contributed by atoms with Crippen LogP contribution in [0.5, 0.6) is 0 Å². The number of carbonyl (C=O) groups is 3. The first-order chi connectivity index (χ1) is 16.6. The van der Waals surface area contributed by atoms with Crippen LogP contribution < -0.4 is 5.32 Å². The lowest BCUT2D eigenvalue weighted by Crippen LogP contribution is -2.22. The summed E-state index contributed by atoms with van der Waals surface area (Å²) in [5.74, 6) is -2.42. The van der Waals surface area contributed by atoms with Crippen LogP contribution in [0.25, 0.3) is 0 Å². The smallest absolute Gasteiger partial charge is 0.339 e. The number of ether oxygens (including phenoxy) is 1. The molecule has 12 heteroatoms. The summed E-state index contributed by atoms with van der Waals surface area (Å²) >= 11 is 5.79. The molecule has 0 saturated carbocycles. The average molecular weight is 498 g/mol.